The van der Waals surface area contributed by atoms with Crippen molar-refractivity contribution in [2.75, 3.05) is 0 Å². The molecule has 2 aromatic rings. The molecule has 1 nitrogen and oxygen atoms in total. The molecule has 0 unspecified atom stereocenters. The van der Waals surface area contributed by atoms with E-state index in [4.69, 9.17) is 34.8 Å². The van der Waals surface area contributed by atoms with Gasteiger partial charge in [0.25, 0.3) is 0 Å². The van der Waals surface area contributed by atoms with E-state index in [-0.39, 0.29) is 17.2 Å². The van der Waals surface area contributed by atoms with Crippen LogP contribution in [-0.2, 0) is 6.42 Å². The van der Waals surface area contributed by atoms with E-state index in [1.165, 1.54) is 18.2 Å². The molecule has 0 atom stereocenters. The first-order chi connectivity index (χ1) is 8.97. The average molecular weight is 318 g/mol. The molecule has 98 valence electrons. The van der Waals surface area contributed by atoms with E-state index in [0.29, 0.717) is 21.2 Å². The smallest absolute Gasteiger partial charge is 0.167 e. The van der Waals surface area contributed by atoms with Gasteiger partial charge < -0.3 is 0 Å². The summed E-state index contributed by atoms with van der Waals surface area (Å²) in [4.78, 5) is 12.0. The standard InChI is InChI=1S/C14H8Cl3FO/c15-10-4-2-9(7-12(10)17)14(19)6-8-1-3-11(16)13(18)5-8/h1-5,7H,6H2. The first kappa shape index (κ1) is 14.3. The lowest BCUT2D eigenvalue weighted by Crippen LogP contribution is -2.03. The fourth-order valence-electron chi connectivity index (χ4n) is 1.61. The van der Waals surface area contributed by atoms with Crippen LogP contribution in [-0.4, -0.2) is 5.78 Å². The van der Waals surface area contributed by atoms with Crippen molar-refractivity contribution in [2.45, 2.75) is 6.42 Å². The summed E-state index contributed by atoms with van der Waals surface area (Å²) in [7, 11) is 0. The second-order valence-electron chi connectivity index (χ2n) is 3.98. The second kappa shape index (κ2) is 5.91. The van der Waals surface area contributed by atoms with Gasteiger partial charge in [-0.2, -0.15) is 0 Å². The summed E-state index contributed by atoms with van der Waals surface area (Å²) in [5.74, 6) is -0.707. The maximum atomic E-state index is 13.3. The summed E-state index contributed by atoms with van der Waals surface area (Å²) in [6.07, 6.45) is 0.0754. The number of hydrogen-bond donors (Lipinski definition) is 0. The third-order valence-electron chi connectivity index (χ3n) is 2.59. The zero-order chi connectivity index (χ0) is 14.0. The molecule has 0 aliphatic rings. The predicted molar refractivity (Wildman–Crippen MR) is 75.9 cm³/mol. The van der Waals surface area contributed by atoms with Crippen molar-refractivity contribution in [3.8, 4) is 0 Å². The SMILES string of the molecule is O=C(Cc1ccc(Cl)c(F)c1)c1ccc(Cl)c(Cl)c1. The van der Waals surface area contributed by atoms with Gasteiger partial charge >= 0.3 is 0 Å². The van der Waals surface area contributed by atoms with Gasteiger partial charge in [-0.05, 0) is 35.9 Å². The van der Waals surface area contributed by atoms with Gasteiger partial charge in [0, 0.05) is 12.0 Å². The minimum atomic E-state index is -0.541. The molecule has 19 heavy (non-hydrogen) atoms. The molecule has 0 spiro atoms. The first-order valence-electron chi connectivity index (χ1n) is 5.39. The zero-order valence-electron chi connectivity index (χ0n) is 9.59. The van der Waals surface area contributed by atoms with Gasteiger partial charge in [-0.1, -0.05) is 40.9 Å². The maximum Gasteiger partial charge on any atom is 0.167 e. The van der Waals surface area contributed by atoms with Gasteiger partial charge in [-0.3, -0.25) is 4.79 Å². The quantitative estimate of drug-likeness (QED) is 0.710. The molecule has 0 aliphatic heterocycles. The molecular formula is C14H8Cl3FO. The Bertz CT molecular complexity index is 641. The Balaban J connectivity index is 2.20. The number of carbonyl (C=O) groups is 1. The summed E-state index contributed by atoms with van der Waals surface area (Å²) in [6, 6.07) is 8.92. The maximum absolute atomic E-state index is 13.3. The summed E-state index contributed by atoms with van der Waals surface area (Å²) in [5, 5.41) is 0.733. The summed E-state index contributed by atoms with van der Waals surface area (Å²) in [5.41, 5.74) is 0.989. The van der Waals surface area contributed by atoms with E-state index in [2.05, 4.69) is 0 Å². The highest BCUT2D eigenvalue weighted by molar-refractivity contribution is 6.42. The van der Waals surface area contributed by atoms with E-state index >= 15 is 0 Å². The van der Waals surface area contributed by atoms with Crippen LogP contribution >= 0.6 is 34.8 Å². The molecule has 0 aromatic heterocycles. The minimum Gasteiger partial charge on any atom is -0.294 e. The van der Waals surface area contributed by atoms with Crippen molar-refractivity contribution in [2.24, 2.45) is 0 Å². The lowest BCUT2D eigenvalue weighted by Gasteiger charge is -2.04. The predicted octanol–water partition coefficient (Wildman–Crippen LogP) is 5.21. The van der Waals surface area contributed by atoms with Crippen LogP contribution in [0.1, 0.15) is 15.9 Å². The Morgan fingerprint density at radius 1 is 0.947 bits per heavy atom. The molecule has 0 bridgehead atoms. The largest absolute Gasteiger partial charge is 0.294 e. The number of hydrogen-bond acceptors (Lipinski definition) is 1. The van der Waals surface area contributed by atoms with Gasteiger partial charge in [0.15, 0.2) is 5.78 Å². The molecule has 0 heterocycles. The fourth-order valence-corrected chi connectivity index (χ4v) is 2.02. The van der Waals surface area contributed by atoms with Crippen molar-refractivity contribution in [3.05, 3.63) is 68.4 Å². The Morgan fingerprint density at radius 3 is 2.26 bits per heavy atom. The van der Waals surface area contributed by atoms with Crippen molar-refractivity contribution in [3.63, 3.8) is 0 Å². The topological polar surface area (TPSA) is 17.1 Å². The third kappa shape index (κ3) is 3.47. The van der Waals surface area contributed by atoms with Crippen LogP contribution in [0.25, 0.3) is 0 Å². The first-order valence-corrected chi connectivity index (χ1v) is 6.53. The average Bonchev–Trinajstić information content (AvgIpc) is 2.37. The number of Topliss-reactive ketones (excluding diaryl/α,β-unsaturated/α-hetero) is 1. The molecule has 0 saturated carbocycles. The van der Waals surface area contributed by atoms with E-state index in [1.807, 2.05) is 0 Å². The zero-order valence-corrected chi connectivity index (χ0v) is 11.9. The van der Waals surface area contributed by atoms with Gasteiger partial charge in [-0.15, -0.1) is 0 Å². The molecular weight excluding hydrogens is 310 g/mol. The Kier molecular flexibility index (Phi) is 4.46. The lowest BCUT2D eigenvalue weighted by atomic mass is 10.0. The number of rotatable bonds is 3. The highest BCUT2D eigenvalue weighted by atomic mass is 35.5. The molecule has 0 saturated heterocycles. The normalized spacial score (nSPS) is 10.5. The highest BCUT2D eigenvalue weighted by Gasteiger charge is 2.10. The van der Waals surface area contributed by atoms with Gasteiger partial charge in [-0.25, -0.2) is 4.39 Å². The Hall–Kier alpha value is -1.09. The van der Waals surface area contributed by atoms with E-state index in [1.54, 1.807) is 18.2 Å². The van der Waals surface area contributed by atoms with Crippen LogP contribution < -0.4 is 0 Å². The fraction of sp³-hybridized carbons (Fsp3) is 0.0714. The monoisotopic (exact) mass is 316 g/mol. The Labute approximate surface area is 124 Å². The summed E-state index contributed by atoms with van der Waals surface area (Å²) in [6.45, 7) is 0. The lowest BCUT2D eigenvalue weighted by molar-refractivity contribution is 0.0993. The van der Waals surface area contributed by atoms with Crippen molar-refractivity contribution >= 4 is 40.6 Å². The summed E-state index contributed by atoms with van der Waals surface area (Å²) >= 11 is 17.2. The van der Waals surface area contributed by atoms with Crippen LogP contribution in [0.3, 0.4) is 0 Å². The van der Waals surface area contributed by atoms with Crippen molar-refractivity contribution < 1.29 is 9.18 Å². The molecule has 0 N–H and O–H groups in total. The van der Waals surface area contributed by atoms with Crippen LogP contribution in [0.15, 0.2) is 36.4 Å². The van der Waals surface area contributed by atoms with E-state index < -0.39 is 5.82 Å². The molecule has 0 radical (unpaired) electrons. The molecule has 0 amide bonds. The number of benzene rings is 2. The van der Waals surface area contributed by atoms with Crippen LogP contribution in [0.2, 0.25) is 15.1 Å². The number of carbonyl (C=O) groups excluding carboxylic acids is 1. The van der Waals surface area contributed by atoms with Crippen LogP contribution in [0.5, 0.6) is 0 Å². The van der Waals surface area contributed by atoms with Gasteiger partial charge in [0.05, 0.1) is 15.1 Å². The van der Waals surface area contributed by atoms with Crippen molar-refractivity contribution in [1.82, 2.24) is 0 Å². The highest BCUT2D eigenvalue weighted by Crippen LogP contribution is 2.23. The minimum absolute atomic E-state index is 0.0331. The van der Waals surface area contributed by atoms with Crippen molar-refractivity contribution in [1.29, 1.82) is 0 Å². The number of ketones is 1. The van der Waals surface area contributed by atoms with E-state index in [9.17, 15) is 9.18 Å². The Morgan fingerprint density at radius 2 is 1.63 bits per heavy atom. The van der Waals surface area contributed by atoms with Crippen LogP contribution in [0, 0.1) is 5.82 Å². The molecule has 0 fully saturated rings. The number of halogens is 4. The molecule has 0 aliphatic carbocycles. The van der Waals surface area contributed by atoms with E-state index in [0.717, 1.165) is 0 Å². The third-order valence-corrected chi connectivity index (χ3v) is 3.64. The molecule has 5 heteroatoms. The van der Waals surface area contributed by atoms with Gasteiger partial charge in [0.1, 0.15) is 5.82 Å². The van der Waals surface area contributed by atoms with Gasteiger partial charge in [0.2, 0.25) is 0 Å². The summed E-state index contributed by atoms with van der Waals surface area (Å²) < 4.78 is 13.3. The molecule has 2 aromatic carbocycles. The second-order valence-corrected chi connectivity index (χ2v) is 5.20. The molecule has 2 rings (SSSR count). The van der Waals surface area contributed by atoms with Crippen LogP contribution in [0.4, 0.5) is 4.39 Å².